The summed E-state index contributed by atoms with van der Waals surface area (Å²) in [5.41, 5.74) is 0.372. The van der Waals surface area contributed by atoms with Crippen LogP contribution in [0.25, 0.3) is 0 Å². The van der Waals surface area contributed by atoms with Crippen molar-refractivity contribution in [3.05, 3.63) is 35.9 Å². The molecule has 0 spiro atoms. The molecule has 1 aromatic rings. The van der Waals surface area contributed by atoms with Gasteiger partial charge in [0.1, 0.15) is 11.6 Å². The maximum absolute atomic E-state index is 12.5. The summed E-state index contributed by atoms with van der Waals surface area (Å²) in [5, 5.41) is 1.15. The lowest BCUT2D eigenvalue weighted by molar-refractivity contribution is -0.159. The summed E-state index contributed by atoms with van der Waals surface area (Å²) in [5.74, 6) is 5.54. The van der Waals surface area contributed by atoms with Crippen LogP contribution in [0.1, 0.15) is 39.2 Å². The number of likely N-dealkylation sites (tertiary alicyclic amines) is 1. The van der Waals surface area contributed by atoms with E-state index in [1.165, 1.54) is 4.90 Å². The van der Waals surface area contributed by atoms with Gasteiger partial charge in [-0.3, -0.25) is 5.01 Å². The summed E-state index contributed by atoms with van der Waals surface area (Å²) in [6, 6.07) is 8.61. The average molecular weight is 356 g/mol. The minimum atomic E-state index is -0.569. The van der Waals surface area contributed by atoms with Crippen LogP contribution in [0.15, 0.2) is 30.3 Å². The number of carbonyl (C=O) groups is 2. The molecule has 2 N–H and O–H groups in total. The Morgan fingerprint density at radius 1 is 1.29 bits per heavy atom. The van der Waals surface area contributed by atoms with Crippen molar-refractivity contribution in [1.82, 2.24) is 9.91 Å². The maximum atomic E-state index is 12.5. The molecule has 2 amide bonds. The Bertz CT molecular complexity index is 560. The van der Waals surface area contributed by atoms with Crippen molar-refractivity contribution in [2.75, 3.05) is 6.54 Å². The van der Waals surface area contributed by atoms with Crippen molar-refractivity contribution in [3.63, 3.8) is 0 Å². The van der Waals surface area contributed by atoms with E-state index in [0.717, 1.165) is 17.0 Å². The van der Waals surface area contributed by atoms with Crippen LogP contribution in [-0.2, 0) is 16.1 Å². The van der Waals surface area contributed by atoms with E-state index in [0.29, 0.717) is 19.5 Å². The van der Waals surface area contributed by atoms with Gasteiger partial charge >= 0.3 is 12.0 Å². The van der Waals surface area contributed by atoms with E-state index >= 15 is 0 Å². The highest BCUT2D eigenvalue weighted by Gasteiger charge is 2.38. The van der Waals surface area contributed by atoms with Crippen molar-refractivity contribution in [3.8, 4) is 0 Å². The van der Waals surface area contributed by atoms with Crippen molar-refractivity contribution in [2.24, 2.45) is 5.84 Å². The molecule has 24 heavy (non-hydrogen) atoms. The van der Waals surface area contributed by atoms with Crippen LogP contribution in [0.2, 0.25) is 0 Å². The lowest BCUT2D eigenvalue weighted by Crippen LogP contribution is -2.51. The predicted octanol–water partition coefficient (Wildman–Crippen LogP) is 2.71. The van der Waals surface area contributed by atoms with Gasteiger partial charge in [-0.2, -0.15) is 0 Å². The van der Waals surface area contributed by atoms with Gasteiger partial charge in [-0.15, -0.1) is 12.4 Å². The molecule has 1 aromatic carbocycles. The second-order valence-electron chi connectivity index (χ2n) is 6.78. The number of halogens is 1. The third-order valence-corrected chi connectivity index (χ3v) is 3.62. The molecule has 1 atom stereocenters. The molecular formula is C17H26ClN3O3. The normalized spacial score (nSPS) is 17.2. The number of nitrogens with zero attached hydrogens (tertiary/aromatic N) is 2. The SMILES string of the molecule is CC(C)(C)OC(=O)[C@@H]1CCCN1C(=O)N(N)Cc1ccccc1.Cl. The number of amides is 2. The second-order valence-corrected chi connectivity index (χ2v) is 6.78. The highest BCUT2D eigenvalue weighted by atomic mass is 35.5. The lowest BCUT2D eigenvalue weighted by Gasteiger charge is -2.30. The maximum Gasteiger partial charge on any atom is 0.335 e. The number of urea groups is 1. The fourth-order valence-corrected chi connectivity index (χ4v) is 2.62. The molecule has 7 heteroatoms. The zero-order chi connectivity index (χ0) is 17.0. The number of rotatable bonds is 3. The van der Waals surface area contributed by atoms with E-state index in [1.807, 2.05) is 51.1 Å². The van der Waals surface area contributed by atoms with Crippen LogP contribution in [-0.4, -0.2) is 40.1 Å². The first kappa shape index (κ1) is 20.3. The Labute approximate surface area is 149 Å². The highest BCUT2D eigenvalue weighted by molar-refractivity contribution is 5.85. The number of hydrogen-bond donors (Lipinski definition) is 1. The van der Waals surface area contributed by atoms with Gasteiger partial charge in [0.25, 0.3) is 0 Å². The molecule has 134 valence electrons. The number of esters is 1. The first-order valence-electron chi connectivity index (χ1n) is 7.87. The molecule has 1 fully saturated rings. The summed E-state index contributed by atoms with van der Waals surface area (Å²) >= 11 is 0. The Morgan fingerprint density at radius 2 is 1.92 bits per heavy atom. The smallest absolute Gasteiger partial charge is 0.335 e. The summed E-state index contributed by atoms with van der Waals surface area (Å²) in [6.45, 7) is 6.27. The van der Waals surface area contributed by atoms with E-state index < -0.39 is 11.6 Å². The summed E-state index contributed by atoms with van der Waals surface area (Å²) < 4.78 is 5.41. The largest absolute Gasteiger partial charge is 0.458 e. The molecule has 6 nitrogen and oxygen atoms in total. The average Bonchev–Trinajstić information content (AvgIpc) is 2.95. The Morgan fingerprint density at radius 3 is 2.50 bits per heavy atom. The van der Waals surface area contributed by atoms with Crippen LogP contribution >= 0.6 is 12.4 Å². The van der Waals surface area contributed by atoms with Gasteiger partial charge in [0, 0.05) is 6.54 Å². The minimum Gasteiger partial charge on any atom is -0.458 e. The Kier molecular flexibility index (Phi) is 7.05. The number of carbonyl (C=O) groups excluding carboxylic acids is 2. The number of nitrogens with two attached hydrogens (primary N) is 1. The lowest BCUT2D eigenvalue weighted by atomic mass is 10.1. The van der Waals surface area contributed by atoms with Crippen LogP contribution in [0.3, 0.4) is 0 Å². The monoisotopic (exact) mass is 355 g/mol. The van der Waals surface area contributed by atoms with Crippen LogP contribution < -0.4 is 5.84 Å². The molecule has 0 aromatic heterocycles. The van der Waals surface area contributed by atoms with Crippen LogP contribution in [0, 0.1) is 0 Å². The van der Waals surface area contributed by atoms with E-state index in [-0.39, 0.29) is 24.4 Å². The zero-order valence-corrected chi connectivity index (χ0v) is 15.2. The fourth-order valence-electron chi connectivity index (χ4n) is 2.62. The van der Waals surface area contributed by atoms with E-state index in [9.17, 15) is 9.59 Å². The minimum absolute atomic E-state index is 0. The number of hydrogen-bond acceptors (Lipinski definition) is 4. The molecule has 0 saturated carbocycles. The standard InChI is InChI=1S/C17H25N3O3.ClH/c1-17(2,3)23-15(21)14-10-7-11-19(14)16(22)20(18)12-13-8-5-4-6-9-13;/h4-6,8-9,14H,7,10-12,18H2,1-3H3;1H/t14-;/m0./s1. The topological polar surface area (TPSA) is 75.9 Å². The van der Waals surface area contributed by atoms with Crippen molar-refractivity contribution in [1.29, 1.82) is 0 Å². The zero-order valence-electron chi connectivity index (χ0n) is 14.4. The molecule has 0 radical (unpaired) electrons. The first-order chi connectivity index (χ1) is 10.8. The quantitative estimate of drug-likeness (QED) is 0.391. The molecule has 1 aliphatic heterocycles. The summed E-state index contributed by atoms with van der Waals surface area (Å²) in [6.07, 6.45) is 1.38. The van der Waals surface area contributed by atoms with E-state index in [1.54, 1.807) is 0 Å². The fraction of sp³-hybridized carbons (Fsp3) is 0.529. The van der Waals surface area contributed by atoms with Gasteiger partial charge in [0.2, 0.25) is 0 Å². The molecule has 1 aliphatic rings. The highest BCUT2D eigenvalue weighted by Crippen LogP contribution is 2.22. The third kappa shape index (κ3) is 5.39. The molecule has 0 bridgehead atoms. The van der Waals surface area contributed by atoms with Crippen molar-refractivity contribution >= 4 is 24.4 Å². The Balaban J connectivity index is 0.00000288. The molecule has 1 saturated heterocycles. The first-order valence-corrected chi connectivity index (χ1v) is 7.87. The number of hydrazine groups is 1. The number of benzene rings is 1. The third-order valence-electron chi connectivity index (χ3n) is 3.62. The van der Waals surface area contributed by atoms with Gasteiger partial charge in [-0.25, -0.2) is 15.4 Å². The predicted molar refractivity (Wildman–Crippen MR) is 94.4 cm³/mol. The van der Waals surface area contributed by atoms with Crippen molar-refractivity contribution < 1.29 is 14.3 Å². The van der Waals surface area contributed by atoms with Crippen molar-refractivity contribution in [2.45, 2.75) is 51.8 Å². The van der Waals surface area contributed by atoms with E-state index in [2.05, 4.69) is 0 Å². The Hall–Kier alpha value is -1.79. The molecule has 1 heterocycles. The second kappa shape index (κ2) is 8.35. The summed E-state index contributed by atoms with van der Waals surface area (Å²) in [7, 11) is 0. The molecular weight excluding hydrogens is 330 g/mol. The van der Waals surface area contributed by atoms with Gasteiger partial charge in [0.15, 0.2) is 0 Å². The van der Waals surface area contributed by atoms with Gasteiger partial charge in [0.05, 0.1) is 6.54 Å². The summed E-state index contributed by atoms with van der Waals surface area (Å²) in [4.78, 5) is 26.3. The number of ether oxygens (including phenoxy) is 1. The van der Waals surface area contributed by atoms with E-state index in [4.69, 9.17) is 10.6 Å². The van der Waals surface area contributed by atoms with Crippen LogP contribution in [0.4, 0.5) is 4.79 Å². The molecule has 2 rings (SSSR count). The van der Waals surface area contributed by atoms with Gasteiger partial charge in [-0.05, 0) is 39.2 Å². The van der Waals surface area contributed by atoms with Gasteiger partial charge < -0.3 is 9.64 Å². The van der Waals surface area contributed by atoms with Gasteiger partial charge in [-0.1, -0.05) is 30.3 Å². The molecule has 0 unspecified atom stereocenters. The molecule has 0 aliphatic carbocycles. The van der Waals surface area contributed by atoms with Crippen LogP contribution in [0.5, 0.6) is 0 Å².